The normalized spacial score (nSPS) is 10.8. The fourth-order valence-electron chi connectivity index (χ4n) is 2.69. The molecule has 1 amide bonds. The lowest BCUT2D eigenvalue weighted by atomic mass is 10.2. The Kier molecular flexibility index (Phi) is 4.74. The second kappa shape index (κ2) is 7.12. The van der Waals surface area contributed by atoms with Gasteiger partial charge in [0.05, 0.1) is 11.2 Å². The molecule has 2 aromatic carbocycles. The molecule has 6 nitrogen and oxygen atoms in total. The first-order valence-corrected chi connectivity index (χ1v) is 7.80. The summed E-state index contributed by atoms with van der Waals surface area (Å²) in [6.07, 6.45) is -0.266. The van der Waals surface area contributed by atoms with E-state index in [1.54, 1.807) is 30.3 Å². The van der Waals surface area contributed by atoms with Crippen LogP contribution < -0.4 is 10.9 Å². The standard InChI is InChI=1S/C18H16FN3O3/c19-13-8-4-9-14-16(13)17(23)22(12-6-2-1-3-7-12)15(21-14)10-5-11-20-18(24)25/h1-4,6-9,20H,5,10-11H2,(H,24,25). The van der Waals surface area contributed by atoms with Crippen molar-refractivity contribution in [3.05, 3.63) is 70.5 Å². The topological polar surface area (TPSA) is 84.2 Å². The predicted octanol–water partition coefficient (Wildman–Crippen LogP) is 2.73. The third kappa shape index (κ3) is 3.50. The molecule has 1 aromatic heterocycles. The van der Waals surface area contributed by atoms with Gasteiger partial charge in [0.25, 0.3) is 5.56 Å². The molecule has 25 heavy (non-hydrogen) atoms. The lowest BCUT2D eigenvalue weighted by Crippen LogP contribution is -2.26. The van der Waals surface area contributed by atoms with Gasteiger partial charge in [0, 0.05) is 13.0 Å². The quantitative estimate of drug-likeness (QED) is 0.699. The Morgan fingerprint density at radius 2 is 1.92 bits per heavy atom. The smallest absolute Gasteiger partial charge is 0.404 e. The number of carboxylic acid groups (broad SMARTS) is 1. The van der Waals surface area contributed by atoms with Gasteiger partial charge in [-0.3, -0.25) is 9.36 Å². The third-order valence-corrected chi connectivity index (χ3v) is 3.78. The molecule has 3 aromatic rings. The van der Waals surface area contributed by atoms with Crippen molar-refractivity contribution in [1.29, 1.82) is 0 Å². The average molecular weight is 341 g/mol. The predicted molar refractivity (Wildman–Crippen MR) is 91.6 cm³/mol. The summed E-state index contributed by atoms with van der Waals surface area (Å²) >= 11 is 0. The number of hydrogen-bond donors (Lipinski definition) is 2. The van der Waals surface area contributed by atoms with E-state index in [0.29, 0.717) is 29.9 Å². The molecule has 0 spiro atoms. The summed E-state index contributed by atoms with van der Waals surface area (Å²) in [4.78, 5) is 27.9. The largest absolute Gasteiger partial charge is 0.465 e. The van der Waals surface area contributed by atoms with Crippen LogP contribution in [0.4, 0.5) is 9.18 Å². The molecule has 128 valence electrons. The van der Waals surface area contributed by atoms with Crippen molar-refractivity contribution in [3.8, 4) is 5.69 Å². The van der Waals surface area contributed by atoms with E-state index in [2.05, 4.69) is 10.3 Å². The van der Waals surface area contributed by atoms with Crippen LogP contribution in [0.25, 0.3) is 16.6 Å². The van der Waals surface area contributed by atoms with E-state index in [1.807, 2.05) is 6.07 Å². The van der Waals surface area contributed by atoms with E-state index in [-0.39, 0.29) is 11.9 Å². The van der Waals surface area contributed by atoms with Crippen LogP contribution in [0, 0.1) is 5.82 Å². The summed E-state index contributed by atoms with van der Waals surface area (Å²) in [6, 6.07) is 13.2. The number of rotatable bonds is 5. The third-order valence-electron chi connectivity index (χ3n) is 3.78. The molecule has 7 heteroatoms. The highest BCUT2D eigenvalue weighted by molar-refractivity contribution is 5.78. The zero-order valence-corrected chi connectivity index (χ0v) is 13.3. The van der Waals surface area contributed by atoms with Crippen LogP contribution in [-0.4, -0.2) is 27.3 Å². The number of nitrogens with zero attached hydrogens (tertiary/aromatic N) is 2. The summed E-state index contributed by atoms with van der Waals surface area (Å²) in [5.74, 6) is -0.153. The second-order valence-corrected chi connectivity index (χ2v) is 5.47. The Balaban J connectivity index is 2.10. The molecule has 0 aliphatic carbocycles. The average Bonchev–Trinajstić information content (AvgIpc) is 2.59. The molecular weight excluding hydrogens is 325 g/mol. The number of nitrogens with one attached hydrogen (secondary N) is 1. The van der Waals surface area contributed by atoms with Crippen molar-refractivity contribution in [2.24, 2.45) is 0 Å². The van der Waals surface area contributed by atoms with Gasteiger partial charge in [0.15, 0.2) is 0 Å². The minimum atomic E-state index is -1.10. The van der Waals surface area contributed by atoms with Gasteiger partial charge in [-0.1, -0.05) is 24.3 Å². The first-order valence-electron chi connectivity index (χ1n) is 7.80. The molecule has 0 fully saturated rings. The highest BCUT2D eigenvalue weighted by atomic mass is 19.1. The van der Waals surface area contributed by atoms with E-state index in [9.17, 15) is 14.0 Å². The van der Waals surface area contributed by atoms with Crippen molar-refractivity contribution >= 4 is 17.0 Å². The second-order valence-electron chi connectivity index (χ2n) is 5.47. The Hall–Kier alpha value is -3.22. The van der Waals surface area contributed by atoms with Gasteiger partial charge < -0.3 is 10.4 Å². The zero-order valence-electron chi connectivity index (χ0n) is 13.3. The van der Waals surface area contributed by atoms with Gasteiger partial charge in [-0.05, 0) is 30.7 Å². The number of aryl methyl sites for hydroxylation is 1. The zero-order chi connectivity index (χ0) is 17.8. The molecular formula is C18H16FN3O3. The maximum atomic E-state index is 14.1. The minimum Gasteiger partial charge on any atom is -0.465 e. The van der Waals surface area contributed by atoms with Gasteiger partial charge in [-0.2, -0.15) is 0 Å². The highest BCUT2D eigenvalue weighted by Gasteiger charge is 2.15. The van der Waals surface area contributed by atoms with E-state index < -0.39 is 17.5 Å². The molecule has 0 aliphatic heterocycles. The van der Waals surface area contributed by atoms with Crippen molar-refractivity contribution in [2.45, 2.75) is 12.8 Å². The minimum absolute atomic E-state index is 0.0567. The Morgan fingerprint density at radius 3 is 2.64 bits per heavy atom. The molecule has 0 bridgehead atoms. The van der Waals surface area contributed by atoms with Gasteiger partial charge >= 0.3 is 6.09 Å². The molecule has 0 saturated heterocycles. The van der Waals surface area contributed by atoms with Crippen molar-refractivity contribution in [1.82, 2.24) is 14.9 Å². The number of carbonyl (C=O) groups is 1. The summed E-state index contributed by atoms with van der Waals surface area (Å²) < 4.78 is 15.5. The van der Waals surface area contributed by atoms with E-state index in [0.717, 1.165) is 0 Å². The van der Waals surface area contributed by atoms with E-state index >= 15 is 0 Å². The fraction of sp³-hybridized carbons (Fsp3) is 0.167. The fourth-order valence-corrected chi connectivity index (χ4v) is 2.69. The van der Waals surface area contributed by atoms with Crippen LogP contribution in [0.2, 0.25) is 0 Å². The van der Waals surface area contributed by atoms with E-state index in [1.165, 1.54) is 16.7 Å². The van der Waals surface area contributed by atoms with Gasteiger partial charge in [0.2, 0.25) is 0 Å². The molecule has 1 heterocycles. The highest BCUT2D eigenvalue weighted by Crippen LogP contribution is 2.16. The first-order chi connectivity index (χ1) is 12.1. The summed E-state index contributed by atoms with van der Waals surface area (Å²) in [5, 5.41) is 10.9. The number of hydrogen-bond acceptors (Lipinski definition) is 3. The first kappa shape index (κ1) is 16.6. The van der Waals surface area contributed by atoms with Crippen LogP contribution in [0.1, 0.15) is 12.2 Å². The molecule has 2 N–H and O–H groups in total. The maximum Gasteiger partial charge on any atom is 0.404 e. The van der Waals surface area contributed by atoms with Gasteiger partial charge in [-0.25, -0.2) is 14.2 Å². The lowest BCUT2D eigenvalue weighted by molar-refractivity contribution is 0.194. The van der Waals surface area contributed by atoms with E-state index in [4.69, 9.17) is 5.11 Å². The van der Waals surface area contributed by atoms with Gasteiger partial charge in [-0.15, -0.1) is 0 Å². The number of benzene rings is 2. The summed E-state index contributed by atoms with van der Waals surface area (Å²) in [5.41, 5.74) is 0.403. The maximum absolute atomic E-state index is 14.1. The Morgan fingerprint density at radius 1 is 1.16 bits per heavy atom. The number of halogens is 1. The van der Waals surface area contributed by atoms with Crippen molar-refractivity contribution in [2.75, 3.05) is 6.54 Å². The van der Waals surface area contributed by atoms with Crippen LogP contribution in [0.15, 0.2) is 53.3 Å². The van der Waals surface area contributed by atoms with Gasteiger partial charge in [0.1, 0.15) is 17.0 Å². The lowest BCUT2D eigenvalue weighted by Gasteiger charge is -2.14. The number of para-hydroxylation sites is 1. The summed E-state index contributed by atoms with van der Waals surface area (Å²) in [7, 11) is 0. The van der Waals surface area contributed by atoms with Crippen LogP contribution in [-0.2, 0) is 6.42 Å². The van der Waals surface area contributed by atoms with Crippen molar-refractivity contribution in [3.63, 3.8) is 0 Å². The molecule has 0 saturated carbocycles. The monoisotopic (exact) mass is 341 g/mol. The Labute approximate surface area is 142 Å². The van der Waals surface area contributed by atoms with Crippen LogP contribution in [0.5, 0.6) is 0 Å². The molecule has 0 atom stereocenters. The van der Waals surface area contributed by atoms with Crippen LogP contribution in [0.3, 0.4) is 0 Å². The van der Waals surface area contributed by atoms with Crippen LogP contribution >= 0.6 is 0 Å². The molecule has 0 aliphatic rings. The molecule has 3 rings (SSSR count). The summed E-state index contributed by atoms with van der Waals surface area (Å²) in [6.45, 7) is 0.237. The number of fused-ring (bicyclic) bond motifs is 1. The number of aromatic nitrogens is 2. The molecule has 0 unspecified atom stereocenters. The molecule has 0 radical (unpaired) electrons. The Bertz CT molecular complexity index is 970. The van der Waals surface area contributed by atoms with Crippen molar-refractivity contribution < 1.29 is 14.3 Å². The SMILES string of the molecule is O=C(O)NCCCc1nc2cccc(F)c2c(=O)n1-c1ccccc1. The number of amides is 1.